The van der Waals surface area contributed by atoms with Crippen LogP contribution in [-0.4, -0.2) is 24.2 Å². The summed E-state index contributed by atoms with van der Waals surface area (Å²) in [6.07, 6.45) is 2.95. The largest absolute Gasteiger partial charge is 0.490 e. The predicted molar refractivity (Wildman–Crippen MR) is 95.7 cm³/mol. The third-order valence-electron chi connectivity index (χ3n) is 5.10. The van der Waals surface area contributed by atoms with Crippen molar-refractivity contribution >= 4 is 5.91 Å². The van der Waals surface area contributed by atoms with Crippen LogP contribution >= 0.6 is 0 Å². The molecular formula is C21H21F2NO3. The molecule has 1 N–H and O–H groups in total. The lowest BCUT2D eigenvalue weighted by molar-refractivity contribution is -0.128. The Bertz CT molecular complexity index is 789. The van der Waals surface area contributed by atoms with Crippen LogP contribution in [0.15, 0.2) is 42.5 Å². The van der Waals surface area contributed by atoms with Crippen molar-refractivity contribution in [3.05, 3.63) is 59.7 Å². The molecule has 1 aliphatic heterocycles. The third kappa shape index (κ3) is 4.21. The average Bonchev–Trinajstić information content (AvgIpc) is 3.07. The fraction of sp³-hybridized carbons (Fsp3) is 0.381. The van der Waals surface area contributed by atoms with E-state index in [1.54, 1.807) is 0 Å². The number of hydrogen-bond donors (Lipinski definition) is 1. The van der Waals surface area contributed by atoms with Crippen LogP contribution in [0.2, 0.25) is 0 Å². The van der Waals surface area contributed by atoms with Crippen LogP contribution in [0.25, 0.3) is 0 Å². The molecule has 0 aromatic heterocycles. The van der Waals surface area contributed by atoms with E-state index < -0.39 is 17.7 Å². The molecule has 27 heavy (non-hydrogen) atoms. The van der Waals surface area contributed by atoms with Crippen molar-refractivity contribution in [3.63, 3.8) is 0 Å². The quantitative estimate of drug-likeness (QED) is 0.887. The summed E-state index contributed by atoms with van der Waals surface area (Å²) in [6, 6.07) is 10.9. The number of rotatable bonds is 4. The smallest absolute Gasteiger partial charge is 0.261 e. The molecule has 0 bridgehead atoms. The Morgan fingerprint density at radius 3 is 2.44 bits per heavy atom. The molecule has 0 radical (unpaired) electrons. The lowest BCUT2D eigenvalue weighted by Crippen LogP contribution is -2.45. The molecule has 1 amide bonds. The van der Waals surface area contributed by atoms with Crippen molar-refractivity contribution < 1.29 is 23.0 Å². The molecule has 4 nitrogen and oxygen atoms in total. The van der Waals surface area contributed by atoms with Crippen molar-refractivity contribution in [2.45, 2.75) is 50.4 Å². The van der Waals surface area contributed by atoms with E-state index in [0.29, 0.717) is 6.42 Å². The number of fused-ring (bicyclic) bond motifs is 1. The van der Waals surface area contributed by atoms with E-state index in [1.807, 2.05) is 24.3 Å². The molecule has 0 saturated heterocycles. The Balaban J connectivity index is 1.25. The van der Waals surface area contributed by atoms with Gasteiger partial charge in [-0.1, -0.05) is 18.2 Å². The number of ether oxygens (including phenoxy) is 2. The maximum Gasteiger partial charge on any atom is 0.261 e. The molecule has 1 saturated carbocycles. The molecule has 2 aromatic carbocycles. The monoisotopic (exact) mass is 373 g/mol. The van der Waals surface area contributed by atoms with Gasteiger partial charge < -0.3 is 14.8 Å². The fourth-order valence-corrected chi connectivity index (χ4v) is 3.74. The zero-order valence-corrected chi connectivity index (χ0v) is 14.8. The Morgan fingerprint density at radius 1 is 1.04 bits per heavy atom. The summed E-state index contributed by atoms with van der Waals surface area (Å²) in [5.41, 5.74) is 1.05. The van der Waals surface area contributed by atoms with Gasteiger partial charge >= 0.3 is 0 Å². The van der Waals surface area contributed by atoms with Gasteiger partial charge in [-0.15, -0.1) is 0 Å². The second kappa shape index (κ2) is 7.55. The van der Waals surface area contributed by atoms with E-state index in [9.17, 15) is 13.6 Å². The minimum atomic E-state index is -0.650. The maximum absolute atomic E-state index is 13.3. The summed E-state index contributed by atoms with van der Waals surface area (Å²) in [5.74, 6) is -0.413. The van der Waals surface area contributed by atoms with E-state index >= 15 is 0 Å². The normalized spacial score (nSPS) is 24.0. The van der Waals surface area contributed by atoms with Crippen molar-refractivity contribution in [2.24, 2.45) is 0 Å². The number of benzene rings is 2. The second-order valence-corrected chi connectivity index (χ2v) is 7.12. The van der Waals surface area contributed by atoms with E-state index in [-0.39, 0.29) is 23.8 Å². The topological polar surface area (TPSA) is 47.6 Å². The standard InChI is InChI=1S/C21H21F2NO3/c22-14-10-15(23)12-18(11-14)26-17-7-5-16(6-8-17)24-21(25)20-9-13-3-1-2-4-19(13)27-20/h1-4,10-12,16-17,20H,5-9H2,(H,24,25). The molecule has 2 aliphatic rings. The molecular weight excluding hydrogens is 352 g/mol. The number of carbonyl (C=O) groups excluding carboxylic acids is 1. The van der Waals surface area contributed by atoms with Gasteiger partial charge in [0.25, 0.3) is 5.91 Å². The number of para-hydroxylation sites is 1. The van der Waals surface area contributed by atoms with Crippen molar-refractivity contribution in [3.8, 4) is 11.5 Å². The van der Waals surface area contributed by atoms with E-state index in [2.05, 4.69) is 5.32 Å². The molecule has 0 spiro atoms. The van der Waals surface area contributed by atoms with E-state index in [0.717, 1.165) is 43.1 Å². The van der Waals surface area contributed by atoms with Crippen LogP contribution in [0.4, 0.5) is 8.78 Å². The lowest BCUT2D eigenvalue weighted by Gasteiger charge is -2.30. The highest BCUT2D eigenvalue weighted by Crippen LogP contribution is 2.29. The van der Waals surface area contributed by atoms with Gasteiger partial charge in [0.05, 0.1) is 6.10 Å². The summed E-state index contributed by atoms with van der Waals surface area (Å²) in [5, 5.41) is 3.06. The number of nitrogens with one attached hydrogen (secondary N) is 1. The molecule has 4 rings (SSSR count). The van der Waals surface area contributed by atoms with Gasteiger partial charge in [0.1, 0.15) is 23.1 Å². The Morgan fingerprint density at radius 2 is 1.74 bits per heavy atom. The van der Waals surface area contributed by atoms with Crippen LogP contribution in [0.5, 0.6) is 11.5 Å². The van der Waals surface area contributed by atoms with Gasteiger partial charge in [-0.25, -0.2) is 8.78 Å². The number of amides is 1. The van der Waals surface area contributed by atoms with Gasteiger partial charge in [0.2, 0.25) is 0 Å². The van der Waals surface area contributed by atoms with Crippen LogP contribution in [-0.2, 0) is 11.2 Å². The third-order valence-corrected chi connectivity index (χ3v) is 5.10. The average molecular weight is 373 g/mol. The highest BCUT2D eigenvalue weighted by molar-refractivity contribution is 5.82. The van der Waals surface area contributed by atoms with Gasteiger partial charge in [-0.05, 0) is 37.3 Å². The second-order valence-electron chi connectivity index (χ2n) is 7.12. The molecule has 2 aromatic rings. The zero-order valence-electron chi connectivity index (χ0n) is 14.8. The van der Waals surface area contributed by atoms with Gasteiger partial charge in [0.15, 0.2) is 6.10 Å². The van der Waals surface area contributed by atoms with Crippen LogP contribution in [0.1, 0.15) is 31.2 Å². The van der Waals surface area contributed by atoms with Gasteiger partial charge in [0, 0.05) is 30.7 Å². The molecule has 1 fully saturated rings. The molecule has 1 unspecified atom stereocenters. The number of hydrogen-bond acceptors (Lipinski definition) is 3. The molecule has 1 atom stereocenters. The zero-order chi connectivity index (χ0) is 18.8. The SMILES string of the molecule is O=C(NC1CCC(Oc2cc(F)cc(F)c2)CC1)C1Cc2ccccc2O1. The summed E-state index contributed by atoms with van der Waals surface area (Å²) in [7, 11) is 0. The summed E-state index contributed by atoms with van der Waals surface area (Å²) in [6.45, 7) is 0. The molecule has 1 aliphatic carbocycles. The molecule has 6 heteroatoms. The fourth-order valence-electron chi connectivity index (χ4n) is 3.74. The maximum atomic E-state index is 13.3. The predicted octanol–water partition coefficient (Wildman–Crippen LogP) is 3.77. The summed E-state index contributed by atoms with van der Waals surface area (Å²) >= 11 is 0. The van der Waals surface area contributed by atoms with Gasteiger partial charge in [-0.2, -0.15) is 0 Å². The van der Waals surface area contributed by atoms with Crippen molar-refractivity contribution in [1.82, 2.24) is 5.32 Å². The first kappa shape index (κ1) is 17.8. The first-order chi connectivity index (χ1) is 13.1. The van der Waals surface area contributed by atoms with Crippen LogP contribution < -0.4 is 14.8 Å². The summed E-state index contributed by atoms with van der Waals surface area (Å²) < 4.78 is 37.9. The highest BCUT2D eigenvalue weighted by atomic mass is 19.1. The minimum absolute atomic E-state index is 0.0638. The lowest BCUT2D eigenvalue weighted by atomic mass is 9.92. The molecule has 1 heterocycles. The summed E-state index contributed by atoms with van der Waals surface area (Å²) in [4.78, 5) is 12.5. The minimum Gasteiger partial charge on any atom is -0.490 e. The first-order valence-electron chi connectivity index (χ1n) is 9.24. The van der Waals surface area contributed by atoms with Crippen LogP contribution in [0, 0.1) is 11.6 Å². The highest BCUT2D eigenvalue weighted by Gasteiger charge is 2.31. The van der Waals surface area contributed by atoms with Crippen molar-refractivity contribution in [2.75, 3.05) is 0 Å². The first-order valence-corrected chi connectivity index (χ1v) is 9.24. The van der Waals surface area contributed by atoms with E-state index in [4.69, 9.17) is 9.47 Å². The number of halogens is 2. The van der Waals surface area contributed by atoms with Crippen molar-refractivity contribution in [1.29, 1.82) is 0 Å². The Labute approximate surface area is 156 Å². The number of carbonyl (C=O) groups is 1. The Hall–Kier alpha value is -2.63. The van der Waals surface area contributed by atoms with Gasteiger partial charge in [-0.3, -0.25) is 4.79 Å². The van der Waals surface area contributed by atoms with E-state index in [1.165, 1.54) is 12.1 Å². The molecule has 142 valence electrons. The van der Waals surface area contributed by atoms with Crippen LogP contribution in [0.3, 0.4) is 0 Å². The Kier molecular flexibility index (Phi) is 4.97.